The van der Waals surface area contributed by atoms with E-state index in [4.69, 9.17) is 4.74 Å². The first-order valence-corrected chi connectivity index (χ1v) is 9.44. The van der Waals surface area contributed by atoms with E-state index in [1.165, 1.54) is 18.2 Å². The number of carboxylic acid groups (broad SMARTS) is 1. The number of carboxylic acids is 1. The van der Waals surface area contributed by atoms with Crippen LogP contribution in [0.1, 0.15) is 60.9 Å². The maximum atomic E-state index is 15.1. The summed E-state index contributed by atoms with van der Waals surface area (Å²) in [4.78, 5) is 11.4. The van der Waals surface area contributed by atoms with E-state index >= 15 is 4.39 Å². The van der Waals surface area contributed by atoms with Crippen LogP contribution < -0.4 is 0 Å². The van der Waals surface area contributed by atoms with Crippen molar-refractivity contribution in [3.05, 3.63) is 59.2 Å². The number of aromatic carboxylic acids is 1. The van der Waals surface area contributed by atoms with Gasteiger partial charge < -0.3 is 9.84 Å². The summed E-state index contributed by atoms with van der Waals surface area (Å²) >= 11 is 0. The van der Waals surface area contributed by atoms with Gasteiger partial charge in [-0.25, -0.2) is 13.6 Å². The second kappa shape index (κ2) is 8.61. The Bertz CT molecular complexity index is 794. The summed E-state index contributed by atoms with van der Waals surface area (Å²) in [6.45, 7) is 2.78. The lowest BCUT2D eigenvalue weighted by molar-refractivity contribution is 0.0249. The monoisotopic (exact) mass is 374 g/mol. The van der Waals surface area contributed by atoms with E-state index in [-0.39, 0.29) is 23.4 Å². The molecule has 0 amide bonds. The summed E-state index contributed by atoms with van der Waals surface area (Å²) in [7, 11) is 0. The highest BCUT2D eigenvalue weighted by atomic mass is 19.1. The summed E-state index contributed by atoms with van der Waals surface area (Å²) < 4.78 is 34.2. The number of rotatable bonds is 6. The molecule has 1 N–H and O–H groups in total. The topological polar surface area (TPSA) is 46.5 Å². The molecule has 0 unspecified atom stereocenters. The molecule has 2 aromatic rings. The molecule has 5 heteroatoms. The van der Waals surface area contributed by atoms with Crippen LogP contribution in [-0.2, 0) is 4.74 Å². The summed E-state index contributed by atoms with van der Waals surface area (Å²) in [5.41, 5.74) is 1.43. The van der Waals surface area contributed by atoms with Crippen LogP contribution in [0.15, 0.2) is 36.4 Å². The number of halogens is 2. The molecule has 0 spiro atoms. The summed E-state index contributed by atoms with van der Waals surface area (Å²) in [6, 6.07) is 8.79. The van der Waals surface area contributed by atoms with Crippen molar-refractivity contribution in [1.29, 1.82) is 0 Å². The van der Waals surface area contributed by atoms with Gasteiger partial charge in [-0.1, -0.05) is 25.1 Å². The third-order valence-electron chi connectivity index (χ3n) is 5.21. The van der Waals surface area contributed by atoms with Crippen LogP contribution in [0.25, 0.3) is 11.1 Å². The zero-order valence-electron chi connectivity index (χ0n) is 15.4. The van der Waals surface area contributed by atoms with Crippen LogP contribution in [0.2, 0.25) is 0 Å². The summed E-state index contributed by atoms with van der Waals surface area (Å²) in [5, 5.41) is 9.32. The molecule has 1 fully saturated rings. The Kier molecular flexibility index (Phi) is 6.22. The molecule has 144 valence electrons. The van der Waals surface area contributed by atoms with Crippen molar-refractivity contribution in [3.8, 4) is 11.1 Å². The van der Waals surface area contributed by atoms with Crippen LogP contribution in [0.3, 0.4) is 0 Å². The van der Waals surface area contributed by atoms with E-state index in [9.17, 15) is 14.3 Å². The second-order valence-electron chi connectivity index (χ2n) is 7.04. The Hall–Kier alpha value is -2.27. The Labute approximate surface area is 158 Å². The van der Waals surface area contributed by atoms with Crippen molar-refractivity contribution in [3.63, 3.8) is 0 Å². The molecular weight excluding hydrogens is 350 g/mol. The Morgan fingerprint density at radius 1 is 1.07 bits per heavy atom. The van der Waals surface area contributed by atoms with Gasteiger partial charge in [0, 0.05) is 6.61 Å². The number of hydrogen-bond donors (Lipinski definition) is 1. The lowest BCUT2D eigenvalue weighted by atomic mass is 9.79. The fourth-order valence-electron chi connectivity index (χ4n) is 3.84. The van der Waals surface area contributed by atoms with E-state index in [1.54, 1.807) is 18.2 Å². The van der Waals surface area contributed by atoms with Gasteiger partial charge in [-0.3, -0.25) is 0 Å². The number of hydrogen-bond acceptors (Lipinski definition) is 2. The number of carbonyl (C=O) groups is 1. The van der Waals surface area contributed by atoms with Crippen molar-refractivity contribution in [2.75, 3.05) is 6.61 Å². The molecule has 1 aliphatic rings. The van der Waals surface area contributed by atoms with Gasteiger partial charge in [-0.2, -0.15) is 0 Å². The van der Waals surface area contributed by atoms with Gasteiger partial charge >= 0.3 is 5.97 Å². The van der Waals surface area contributed by atoms with Gasteiger partial charge in [0.15, 0.2) is 0 Å². The Morgan fingerprint density at radius 2 is 1.74 bits per heavy atom. The fourth-order valence-corrected chi connectivity index (χ4v) is 3.84. The number of benzene rings is 2. The second-order valence-corrected chi connectivity index (χ2v) is 7.04. The largest absolute Gasteiger partial charge is 0.478 e. The predicted molar refractivity (Wildman–Crippen MR) is 100.0 cm³/mol. The van der Waals surface area contributed by atoms with E-state index < -0.39 is 11.8 Å². The van der Waals surface area contributed by atoms with E-state index in [0.29, 0.717) is 16.7 Å². The van der Waals surface area contributed by atoms with Crippen molar-refractivity contribution < 1.29 is 23.4 Å². The molecular formula is C22H24F2O3. The van der Waals surface area contributed by atoms with Crippen molar-refractivity contribution in [2.45, 2.75) is 51.0 Å². The number of ether oxygens (including phenoxy) is 1. The molecule has 0 bridgehead atoms. The zero-order chi connectivity index (χ0) is 19.4. The maximum Gasteiger partial charge on any atom is 0.338 e. The molecule has 2 aromatic carbocycles. The van der Waals surface area contributed by atoms with E-state index in [1.807, 2.05) is 0 Å². The first kappa shape index (κ1) is 19.5. The molecule has 0 saturated heterocycles. The van der Waals surface area contributed by atoms with Crippen molar-refractivity contribution in [2.24, 2.45) is 0 Å². The first-order chi connectivity index (χ1) is 13.0. The van der Waals surface area contributed by atoms with Gasteiger partial charge in [0.2, 0.25) is 0 Å². The smallest absolute Gasteiger partial charge is 0.338 e. The molecule has 0 aliphatic heterocycles. The third-order valence-corrected chi connectivity index (χ3v) is 5.21. The molecule has 1 saturated carbocycles. The quantitative estimate of drug-likeness (QED) is 0.697. The molecule has 0 heterocycles. The van der Waals surface area contributed by atoms with Crippen LogP contribution in [0, 0.1) is 11.6 Å². The summed E-state index contributed by atoms with van der Waals surface area (Å²) in [6.07, 6.45) is 4.27. The highest BCUT2D eigenvalue weighted by molar-refractivity contribution is 5.89. The molecule has 3 nitrogen and oxygen atoms in total. The minimum Gasteiger partial charge on any atom is -0.478 e. The van der Waals surface area contributed by atoms with Crippen LogP contribution in [0.5, 0.6) is 0 Å². The maximum absolute atomic E-state index is 15.1. The lowest BCUT2D eigenvalue weighted by Crippen LogP contribution is -2.22. The highest BCUT2D eigenvalue weighted by Gasteiger charge is 2.29. The molecule has 0 radical (unpaired) electrons. The summed E-state index contributed by atoms with van der Waals surface area (Å²) in [5.74, 6) is -2.40. The third kappa shape index (κ3) is 4.35. The van der Waals surface area contributed by atoms with Crippen molar-refractivity contribution in [1.82, 2.24) is 0 Å². The van der Waals surface area contributed by atoms with Gasteiger partial charge in [0.05, 0.1) is 11.7 Å². The molecule has 0 atom stereocenters. The average Bonchev–Trinajstić information content (AvgIpc) is 2.67. The van der Waals surface area contributed by atoms with Crippen LogP contribution >= 0.6 is 0 Å². The van der Waals surface area contributed by atoms with Gasteiger partial charge in [-0.15, -0.1) is 0 Å². The zero-order valence-corrected chi connectivity index (χ0v) is 15.4. The minimum absolute atomic E-state index is 0.0779. The SMILES string of the molecule is CCCO[C@H]1CC[C@H](c2c(-c3ccc(F)cc3)ccc(C(=O)O)c2F)CC1. The van der Waals surface area contributed by atoms with Crippen LogP contribution in [-0.4, -0.2) is 23.8 Å². The first-order valence-electron chi connectivity index (χ1n) is 9.44. The minimum atomic E-state index is -1.28. The van der Waals surface area contributed by atoms with Gasteiger partial charge in [0.1, 0.15) is 11.6 Å². The highest BCUT2D eigenvalue weighted by Crippen LogP contribution is 2.41. The van der Waals surface area contributed by atoms with E-state index in [2.05, 4.69) is 6.92 Å². The average molecular weight is 374 g/mol. The Morgan fingerprint density at radius 3 is 2.33 bits per heavy atom. The van der Waals surface area contributed by atoms with Crippen molar-refractivity contribution >= 4 is 5.97 Å². The lowest BCUT2D eigenvalue weighted by Gasteiger charge is -2.30. The molecule has 1 aliphatic carbocycles. The predicted octanol–water partition coefficient (Wildman–Crippen LogP) is 5.78. The van der Waals surface area contributed by atoms with Gasteiger partial charge in [0.25, 0.3) is 0 Å². The molecule has 3 rings (SSSR count). The normalized spacial score (nSPS) is 19.8. The molecule has 27 heavy (non-hydrogen) atoms. The standard InChI is InChI=1S/C22H24F2O3/c1-2-13-27-17-9-5-15(6-10-17)20-18(14-3-7-16(23)8-4-14)11-12-19(21(20)24)22(25)26/h3-4,7-8,11-12,15,17H,2,5-6,9-10,13H2,1H3,(H,25,26)/t15-,17-. The van der Waals surface area contributed by atoms with E-state index in [0.717, 1.165) is 38.7 Å². The van der Waals surface area contributed by atoms with Crippen LogP contribution in [0.4, 0.5) is 8.78 Å². The Balaban J connectivity index is 1.95. The molecule has 0 aromatic heterocycles. The van der Waals surface area contributed by atoms with Gasteiger partial charge in [-0.05, 0) is 72.9 Å². The fraction of sp³-hybridized carbons (Fsp3) is 0.409.